The van der Waals surface area contributed by atoms with Gasteiger partial charge in [-0.1, -0.05) is 18.3 Å². The van der Waals surface area contributed by atoms with Gasteiger partial charge in [0.05, 0.1) is 17.2 Å². The highest BCUT2D eigenvalue weighted by atomic mass is 32.1. The Balaban J connectivity index is 2.22. The quantitative estimate of drug-likeness (QED) is 0.882. The predicted octanol–water partition coefficient (Wildman–Crippen LogP) is 2.58. The standard InChI is InChI=1S/C12H20N2OS/c1-3-10-11(8-15)16-12(13-10)14-7-5-4-6-9(14)2/h9,15H,3-8H2,1-2H3. The van der Waals surface area contributed by atoms with Gasteiger partial charge in [-0.25, -0.2) is 4.98 Å². The topological polar surface area (TPSA) is 36.4 Å². The van der Waals surface area contributed by atoms with Crippen LogP contribution in [0.4, 0.5) is 5.13 Å². The molecule has 0 aliphatic carbocycles. The number of nitrogens with zero attached hydrogens (tertiary/aromatic N) is 2. The third-order valence-electron chi connectivity index (χ3n) is 3.29. The maximum absolute atomic E-state index is 9.28. The molecule has 1 aliphatic heterocycles. The van der Waals surface area contributed by atoms with Gasteiger partial charge in [0.2, 0.25) is 0 Å². The lowest BCUT2D eigenvalue weighted by molar-refractivity contribution is 0.284. The number of piperidine rings is 1. The number of anilines is 1. The molecule has 0 amide bonds. The molecule has 1 aromatic heterocycles. The Kier molecular flexibility index (Phi) is 3.82. The van der Waals surface area contributed by atoms with E-state index in [1.54, 1.807) is 11.3 Å². The zero-order valence-corrected chi connectivity index (χ0v) is 10.9. The lowest BCUT2D eigenvalue weighted by Gasteiger charge is -2.33. The number of rotatable bonds is 3. The van der Waals surface area contributed by atoms with Crippen LogP contribution in [0, 0.1) is 0 Å². The third kappa shape index (κ3) is 2.23. The lowest BCUT2D eigenvalue weighted by Crippen LogP contribution is -2.37. The van der Waals surface area contributed by atoms with Crippen molar-refractivity contribution in [1.29, 1.82) is 0 Å². The van der Waals surface area contributed by atoms with Gasteiger partial charge in [-0.3, -0.25) is 0 Å². The van der Waals surface area contributed by atoms with Gasteiger partial charge in [-0.2, -0.15) is 0 Å². The summed E-state index contributed by atoms with van der Waals surface area (Å²) in [6.07, 6.45) is 4.76. The van der Waals surface area contributed by atoms with Crippen molar-refractivity contribution in [1.82, 2.24) is 4.98 Å². The van der Waals surface area contributed by atoms with E-state index in [2.05, 4.69) is 23.7 Å². The summed E-state index contributed by atoms with van der Waals surface area (Å²) in [4.78, 5) is 8.09. The van der Waals surface area contributed by atoms with Crippen LogP contribution in [0.25, 0.3) is 0 Å². The van der Waals surface area contributed by atoms with E-state index in [9.17, 15) is 5.11 Å². The Hall–Kier alpha value is -0.610. The van der Waals surface area contributed by atoms with Crippen molar-refractivity contribution >= 4 is 16.5 Å². The minimum absolute atomic E-state index is 0.128. The van der Waals surface area contributed by atoms with Crippen molar-refractivity contribution < 1.29 is 5.11 Å². The molecule has 3 nitrogen and oxygen atoms in total. The first-order valence-corrected chi connectivity index (χ1v) is 6.94. The molecule has 1 N–H and O–H groups in total. The van der Waals surface area contributed by atoms with Crippen molar-refractivity contribution in [3.8, 4) is 0 Å². The van der Waals surface area contributed by atoms with E-state index in [4.69, 9.17) is 0 Å². The van der Waals surface area contributed by atoms with Crippen LogP contribution in [-0.4, -0.2) is 22.7 Å². The summed E-state index contributed by atoms with van der Waals surface area (Å²) in [5.74, 6) is 0. The van der Waals surface area contributed by atoms with Gasteiger partial charge in [0.25, 0.3) is 0 Å². The fourth-order valence-corrected chi connectivity index (χ4v) is 3.41. The summed E-state index contributed by atoms with van der Waals surface area (Å²) in [5.41, 5.74) is 1.07. The minimum Gasteiger partial charge on any atom is -0.391 e. The largest absolute Gasteiger partial charge is 0.391 e. The average Bonchev–Trinajstić information content (AvgIpc) is 2.72. The first-order valence-electron chi connectivity index (χ1n) is 6.12. The number of hydrogen-bond acceptors (Lipinski definition) is 4. The lowest BCUT2D eigenvalue weighted by atomic mass is 10.1. The molecule has 0 radical (unpaired) electrons. The molecule has 1 unspecified atom stereocenters. The maximum atomic E-state index is 9.28. The molecule has 2 rings (SSSR count). The van der Waals surface area contributed by atoms with Gasteiger partial charge in [0, 0.05) is 12.6 Å². The number of aliphatic hydroxyl groups is 1. The zero-order chi connectivity index (χ0) is 11.5. The highest BCUT2D eigenvalue weighted by Gasteiger charge is 2.22. The number of aromatic nitrogens is 1. The van der Waals surface area contributed by atoms with Gasteiger partial charge in [0.15, 0.2) is 5.13 Å². The number of aliphatic hydroxyl groups excluding tert-OH is 1. The van der Waals surface area contributed by atoms with Gasteiger partial charge >= 0.3 is 0 Å². The van der Waals surface area contributed by atoms with E-state index >= 15 is 0 Å². The SMILES string of the molecule is CCc1nc(N2CCCCC2C)sc1CO. The molecular formula is C12H20N2OS. The molecule has 90 valence electrons. The molecular weight excluding hydrogens is 220 g/mol. The van der Waals surface area contributed by atoms with Crippen LogP contribution in [0.5, 0.6) is 0 Å². The molecule has 2 heterocycles. The Labute approximate surface area is 101 Å². The fourth-order valence-electron chi connectivity index (χ4n) is 2.27. The highest BCUT2D eigenvalue weighted by molar-refractivity contribution is 7.15. The normalized spacial score (nSPS) is 21.4. The van der Waals surface area contributed by atoms with E-state index in [1.807, 2.05) is 0 Å². The van der Waals surface area contributed by atoms with Crippen molar-refractivity contribution in [2.75, 3.05) is 11.4 Å². The summed E-state index contributed by atoms with van der Waals surface area (Å²) < 4.78 is 0. The van der Waals surface area contributed by atoms with Crippen molar-refractivity contribution in [2.24, 2.45) is 0 Å². The van der Waals surface area contributed by atoms with Crippen LogP contribution < -0.4 is 4.90 Å². The smallest absolute Gasteiger partial charge is 0.186 e. The number of hydrogen-bond donors (Lipinski definition) is 1. The van der Waals surface area contributed by atoms with Gasteiger partial charge < -0.3 is 10.0 Å². The summed E-state index contributed by atoms with van der Waals surface area (Å²) >= 11 is 1.66. The monoisotopic (exact) mass is 240 g/mol. The van der Waals surface area contributed by atoms with Crippen LogP contribution in [0.3, 0.4) is 0 Å². The van der Waals surface area contributed by atoms with Crippen molar-refractivity contribution in [2.45, 2.75) is 52.2 Å². The van der Waals surface area contributed by atoms with Crippen LogP contribution in [0.2, 0.25) is 0 Å². The van der Waals surface area contributed by atoms with Gasteiger partial charge in [0.1, 0.15) is 0 Å². The molecule has 0 spiro atoms. The Morgan fingerprint density at radius 2 is 2.31 bits per heavy atom. The van der Waals surface area contributed by atoms with E-state index in [-0.39, 0.29) is 6.61 Å². The molecule has 0 aromatic carbocycles. The first-order chi connectivity index (χ1) is 7.76. The Morgan fingerprint density at radius 1 is 1.50 bits per heavy atom. The van der Waals surface area contributed by atoms with E-state index in [1.165, 1.54) is 19.3 Å². The molecule has 16 heavy (non-hydrogen) atoms. The Morgan fingerprint density at radius 3 is 2.88 bits per heavy atom. The second kappa shape index (κ2) is 5.15. The molecule has 4 heteroatoms. The number of aryl methyl sites for hydroxylation is 1. The van der Waals surface area contributed by atoms with E-state index in [0.717, 1.165) is 28.7 Å². The van der Waals surface area contributed by atoms with E-state index in [0.29, 0.717) is 6.04 Å². The molecule has 1 aromatic rings. The summed E-state index contributed by atoms with van der Waals surface area (Å²) in [6.45, 7) is 5.61. The summed E-state index contributed by atoms with van der Waals surface area (Å²) in [5, 5.41) is 10.4. The maximum Gasteiger partial charge on any atom is 0.186 e. The first kappa shape index (κ1) is 11.9. The summed E-state index contributed by atoms with van der Waals surface area (Å²) in [7, 11) is 0. The predicted molar refractivity (Wildman–Crippen MR) is 68.1 cm³/mol. The average molecular weight is 240 g/mol. The second-order valence-corrected chi connectivity index (χ2v) is 5.48. The van der Waals surface area contributed by atoms with Gasteiger partial charge in [-0.15, -0.1) is 0 Å². The highest BCUT2D eigenvalue weighted by Crippen LogP contribution is 2.31. The van der Waals surface area contributed by atoms with Gasteiger partial charge in [-0.05, 0) is 32.6 Å². The van der Waals surface area contributed by atoms with Crippen LogP contribution >= 0.6 is 11.3 Å². The van der Waals surface area contributed by atoms with Crippen molar-refractivity contribution in [3.63, 3.8) is 0 Å². The van der Waals surface area contributed by atoms with Crippen LogP contribution in [-0.2, 0) is 13.0 Å². The molecule has 1 fully saturated rings. The Bertz CT molecular complexity index is 329. The minimum atomic E-state index is 0.128. The molecule has 0 bridgehead atoms. The molecule has 1 aliphatic rings. The molecule has 1 atom stereocenters. The second-order valence-electron chi connectivity index (χ2n) is 4.42. The summed E-state index contributed by atoms with van der Waals surface area (Å²) in [6, 6.07) is 0.594. The van der Waals surface area contributed by atoms with Crippen molar-refractivity contribution in [3.05, 3.63) is 10.6 Å². The van der Waals surface area contributed by atoms with Crippen LogP contribution in [0.1, 0.15) is 43.7 Å². The fraction of sp³-hybridized carbons (Fsp3) is 0.750. The molecule has 1 saturated heterocycles. The third-order valence-corrected chi connectivity index (χ3v) is 4.41. The molecule has 0 saturated carbocycles. The van der Waals surface area contributed by atoms with E-state index < -0.39 is 0 Å². The zero-order valence-electron chi connectivity index (χ0n) is 10.1. The van der Waals surface area contributed by atoms with Crippen LogP contribution in [0.15, 0.2) is 0 Å². The number of thiazole rings is 1.